The molecular weight excluding hydrogens is 428 g/mol. The van der Waals surface area contributed by atoms with E-state index in [1.807, 2.05) is 50.2 Å². The summed E-state index contributed by atoms with van der Waals surface area (Å²) in [6, 6.07) is 19.0. The number of rotatable bonds is 8. The number of aromatic nitrogens is 2. The first kappa shape index (κ1) is 27.1. The normalized spacial score (nSPS) is 19.5. The molecule has 3 aromatic rings. The van der Waals surface area contributed by atoms with E-state index in [-0.39, 0.29) is 0 Å². The standard InChI is InChI=1S/C20H33N.C11H13N3/c1-16-9-11-19(12-10-16)15-21-14-17(2)13-18(3)20-7-5-4-6-8-20;1-8-12-10-7-5-4-6-9(10)11(13-8)14(2)3/h4-8,16-19,21H,9-15H2,1-3H3;4-7H,1-3H3. The molecule has 1 N–H and O–H groups in total. The Morgan fingerprint density at radius 1 is 0.914 bits per heavy atom. The number of hydrogen-bond donors (Lipinski definition) is 1. The zero-order chi connectivity index (χ0) is 25.2. The largest absolute Gasteiger partial charge is 0.362 e. The maximum atomic E-state index is 4.42. The van der Waals surface area contributed by atoms with E-state index < -0.39 is 0 Å². The molecule has 0 amide bonds. The van der Waals surface area contributed by atoms with Crippen LogP contribution < -0.4 is 10.2 Å². The summed E-state index contributed by atoms with van der Waals surface area (Å²) in [5.41, 5.74) is 2.48. The van der Waals surface area contributed by atoms with Crippen molar-refractivity contribution in [3.05, 3.63) is 66.0 Å². The van der Waals surface area contributed by atoms with Crippen molar-refractivity contribution in [3.63, 3.8) is 0 Å². The van der Waals surface area contributed by atoms with Gasteiger partial charge in [0, 0.05) is 19.5 Å². The van der Waals surface area contributed by atoms with E-state index in [2.05, 4.69) is 66.4 Å². The highest BCUT2D eigenvalue weighted by Gasteiger charge is 2.18. The topological polar surface area (TPSA) is 41.1 Å². The van der Waals surface area contributed by atoms with Crippen molar-refractivity contribution in [1.82, 2.24) is 15.3 Å². The third-order valence-electron chi connectivity index (χ3n) is 7.30. The van der Waals surface area contributed by atoms with Gasteiger partial charge in [-0.1, -0.05) is 76.1 Å². The second-order valence-corrected chi connectivity index (χ2v) is 10.9. The van der Waals surface area contributed by atoms with E-state index in [9.17, 15) is 0 Å². The zero-order valence-corrected chi connectivity index (χ0v) is 22.8. The third-order valence-corrected chi connectivity index (χ3v) is 7.30. The Bertz CT molecular complexity index is 1010. The molecule has 0 bridgehead atoms. The maximum Gasteiger partial charge on any atom is 0.139 e. The lowest BCUT2D eigenvalue weighted by atomic mass is 9.83. The fourth-order valence-corrected chi connectivity index (χ4v) is 5.19. The third kappa shape index (κ3) is 8.61. The molecule has 35 heavy (non-hydrogen) atoms. The summed E-state index contributed by atoms with van der Waals surface area (Å²) in [6.45, 7) is 11.5. The van der Waals surface area contributed by atoms with Crippen molar-refractivity contribution in [1.29, 1.82) is 0 Å². The summed E-state index contributed by atoms with van der Waals surface area (Å²) in [7, 11) is 3.99. The predicted molar refractivity (Wildman–Crippen MR) is 151 cm³/mol. The summed E-state index contributed by atoms with van der Waals surface area (Å²) >= 11 is 0. The molecule has 4 rings (SSSR count). The summed E-state index contributed by atoms with van der Waals surface area (Å²) in [6.07, 6.45) is 7.02. The van der Waals surface area contributed by atoms with Gasteiger partial charge < -0.3 is 10.2 Å². The van der Waals surface area contributed by atoms with Crippen molar-refractivity contribution in [2.75, 3.05) is 32.1 Å². The van der Waals surface area contributed by atoms with Crippen LogP contribution in [0.1, 0.15) is 70.2 Å². The first-order valence-corrected chi connectivity index (χ1v) is 13.5. The number of benzene rings is 2. The van der Waals surface area contributed by atoms with Crippen molar-refractivity contribution >= 4 is 16.7 Å². The number of fused-ring (bicyclic) bond motifs is 1. The second kappa shape index (κ2) is 13.6. The minimum atomic E-state index is 0.665. The predicted octanol–water partition coefficient (Wildman–Crippen LogP) is 7.24. The van der Waals surface area contributed by atoms with Crippen LogP contribution in [0.3, 0.4) is 0 Å². The number of anilines is 1. The van der Waals surface area contributed by atoms with Gasteiger partial charge in [0.05, 0.1) is 5.52 Å². The first-order chi connectivity index (χ1) is 16.8. The van der Waals surface area contributed by atoms with Gasteiger partial charge in [-0.25, -0.2) is 9.97 Å². The van der Waals surface area contributed by atoms with Crippen molar-refractivity contribution in [3.8, 4) is 0 Å². The maximum absolute atomic E-state index is 4.42. The molecule has 1 aliphatic rings. The number of para-hydroxylation sites is 1. The molecule has 0 radical (unpaired) electrons. The molecule has 0 saturated heterocycles. The van der Waals surface area contributed by atoms with E-state index in [1.54, 1.807) is 0 Å². The number of nitrogens with zero attached hydrogens (tertiary/aromatic N) is 3. The average Bonchev–Trinajstić information content (AvgIpc) is 2.85. The molecule has 1 aromatic heterocycles. The lowest BCUT2D eigenvalue weighted by Crippen LogP contribution is -2.29. The van der Waals surface area contributed by atoms with Crippen LogP contribution in [0, 0.1) is 24.7 Å². The van der Waals surface area contributed by atoms with Crippen LogP contribution in [0.5, 0.6) is 0 Å². The molecule has 1 fully saturated rings. The van der Waals surface area contributed by atoms with Gasteiger partial charge >= 0.3 is 0 Å². The minimum absolute atomic E-state index is 0.665. The Labute approximate surface area is 213 Å². The molecule has 1 heterocycles. The fourth-order valence-electron chi connectivity index (χ4n) is 5.19. The van der Waals surface area contributed by atoms with E-state index in [1.165, 1.54) is 50.8 Å². The SMILES string of the molecule is CC1CCC(CNCC(C)CC(C)c2ccccc2)CC1.Cc1nc(N(C)C)c2ccccc2n1. The van der Waals surface area contributed by atoms with Crippen LogP contribution in [0.15, 0.2) is 54.6 Å². The molecule has 0 spiro atoms. The summed E-state index contributed by atoms with van der Waals surface area (Å²) in [4.78, 5) is 10.8. The van der Waals surface area contributed by atoms with Crippen LogP contribution in [0.2, 0.25) is 0 Å². The quantitative estimate of drug-likeness (QED) is 0.374. The molecule has 190 valence electrons. The van der Waals surface area contributed by atoms with Gasteiger partial charge in [0.15, 0.2) is 0 Å². The van der Waals surface area contributed by atoms with Gasteiger partial charge in [-0.15, -0.1) is 0 Å². The highest BCUT2D eigenvalue weighted by Crippen LogP contribution is 2.28. The highest BCUT2D eigenvalue weighted by atomic mass is 15.1. The van der Waals surface area contributed by atoms with E-state index >= 15 is 0 Å². The Hall–Kier alpha value is -2.46. The Balaban J connectivity index is 0.000000211. The van der Waals surface area contributed by atoms with E-state index in [0.717, 1.165) is 40.3 Å². The van der Waals surface area contributed by atoms with Gasteiger partial charge in [-0.2, -0.15) is 0 Å². The summed E-state index contributed by atoms with van der Waals surface area (Å²) < 4.78 is 0. The Kier molecular flexibility index (Phi) is 10.5. The van der Waals surface area contributed by atoms with Gasteiger partial charge in [0.1, 0.15) is 11.6 Å². The number of hydrogen-bond acceptors (Lipinski definition) is 4. The monoisotopic (exact) mass is 474 g/mol. The average molecular weight is 475 g/mol. The lowest BCUT2D eigenvalue weighted by molar-refractivity contribution is 0.277. The van der Waals surface area contributed by atoms with Gasteiger partial charge in [0.25, 0.3) is 0 Å². The van der Waals surface area contributed by atoms with Gasteiger partial charge in [-0.05, 0) is 80.6 Å². The van der Waals surface area contributed by atoms with Crippen LogP contribution in [-0.2, 0) is 0 Å². The molecule has 1 saturated carbocycles. The van der Waals surface area contributed by atoms with Gasteiger partial charge in [-0.3, -0.25) is 0 Å². The zero-order valence-electron chi connectivity index (χ0n) is 22.8. The van der Waals surface area contributed by atoms with Gasteiger partial charge in [0.2, 0.25) is 0 Å². The Morgan fingerprint density at radius 3 is 2.26 bits per heavy atom. The van der Waals surface area contributed by atoms with Crippen LogP contribution in [-0.4, -0.2) is 37.2 Å². The van der Waals surface area contributed by atoms with Crippen molar-refractivity contribution in [2.45, 2.75) is 65.7 Å². The molecule has 0 aliphatic heterocycles. The molecule has 4 heteroatoms. The van der Waals surface area contributed by atoms with Crippen LogP contribution >= 0.6 is 0 Å². The smallest absolute Gasteiger partial charge is 0.139 e. The molecule has 2 unspecified atom stereocenters. The number of nitrogens with one attached hydrogen (secondary N) is 1. The lowest BCUT2D eigenvalue weighted by Gasteiger charge is -2.27. The second-order valence-electron chi connectivity index (χ2n) is 10.9. The van der Waals surface area contributed by atoms with Crippen molar-refractivity contribution in [2.24, 2.45) is 17.8 Å². The molecular formula is C31H46N4. The minimum Gasteiger partial charge on any atom is -0.362 e. The number of aryl methyl sites for hydroxylation is 1. The molecule has 4 nitrogen and oxygen atoms in total. The van der Waals surface area contributed by atoms with E-state index in [0.29, 0.717) is 5.92 Å². The molecule has 1 aliphatic carbocycles. The Morgan fingerprint density at radius 2 is 1.57 bits per heavy atom. The highest BCUT2D eigenvalue weighted by molar-refractivity contribution is 5.89. The fraction of sp³-hybridized carbons (Fsp3) is 0.548. The van der Waals surface area contributed by atoms with E-state index in [4.69, 9.17) is 0 Å². The van der Waals surface area contributed by atoms with Crippen LogP contribution in [0.4, 0.5) is 5.82 Å². The van der Waals surface area contributed by atoms with Crippen molar-refractivity contribution < 1.29 is 0 Å². The summed E-state index contributed by atoms with van der Waals surface area (Å²) in [5, 5.41) is 4.83. The first-order valence-electron chi connectivity index (χ1n) is 13.5. The molecule has 2 atom stereocenters. The summed E-state index contributed by atoms with van der Waals surface area (Å²) in [5.74, 6) is 5.11. The molecule has 2 aromatic carbocycles. The van der Waals surface area contributed by atoms with Crippen LogP contribution in [0.25, 0.3) is 10.9 Å².